The fraction of sp³-hybridized carbons (Fsp3) is 0.308. The molecule has 2 fully saturated rings. The molecule has 0 atom stereocenters. The van der Waals surface area contributed by atoms with Crippen LogP contribution >= 0.6 is 11.8 Å². The molecule has 1 saturated heterocycles. The Kier molecular flexibility index (Phi) is 7.87. The largest absolute Gasteiger partial charge is 0.482 e. The minimum Gasteiger partial charge on any atom is -0.482 e. The van der Waals surface area contributed by atoms with Crippen LogP contribution in [0, 0.1) is 0 Å². The highest BCUT2D eigenvalue weighted by Gasteiger charge is 2.38. The number of methoxy groups -OCH3 is 1. The lowest BCUT2D eigenvalue weighted by Gasteiger charge is -2.30. The maximum absolute atomic E-state index is 13.4. The van der Waals surface area contributed by atoms with Crippen LogP contribution in [-0.4, -0.2) is 52.8 Å². The van der Waals surface area contributed by atoms with Crippen molar-refractivity contribution in [1.29, 1.82) is 0 Å². The van der Waals surface area contributed by atoms with Crippen molar-refractivity contribution < 1.29 is 29.0 Å². The highest BCUT2D eigenvalue weighted by Crippen LogP contribution is 2.38. The number of hydrogen-bond acceptors (Lipinski definition) is 7. The van der Waals surface area contributed by atoms with Crippen molar-refractivity contribution in [2.75, 3.05) is 13.7 Å². The fourth-order valence-corrected chi connectivity index (χ4v) is 5.14. The predicted octanol–water partition coefficient (Wildman–Crippen LogP) is 4.87. The minimum absolute atomic E-state index is 0.0713. The number of hydrogen-bond donors (Lipinski definition) is 1. The third kappa shape index (κ3) is 6.10. The zero-order chi connectivity index (χ0) is 24.8. The highest BCUT2D eigenvalue weighted by molar-refractivity contribution is 8.18. The van der Waals surface area contributed by atoms with E-state index in [4.69, 9.17) is 19.6 Å². The number of rotatable bonds is 7. The van der Waals surface area contributed by atoms with Crippen molar-refractivity contribution in [3.05, 3.63) is 64.6 Å². The zero-order valence-corrected chi connectivity index (χ0v) is 20.1. The monoisotopic (exact) mass is 494 g/mol. The maximum atomic E-state index is 13.4. The molecule has 4 rings (SSSR count). The topological polar surface area (TPSA) is 106 Å². The summed E-state index contributed by atoms with van der Waals surface area (Å²) in [5.74, 6) is -1.08. The Hall–Kier alpha value is -3.59. The Balaban J connectivity index is 1.59. The van der Waals surface area contributed by atoms with Crippen molar-refractivity contribution in [2.45, 2.75) is 38.1 Å². The van der Waals surface area contributed by atoms with Gasteiger partial charge in [0.05, 0.1) is 23.3 Å². The molecule has 2 aromatic rings. The number of carbonyl (C=O) groups excluding carboxylic acids is 2. The van der Waals surface area contributed by atoms with E-state index in [-0.39, 0.29) is 11.9 Å². The minimum atomic E-state index is -1.04. The van der Waals surface area contributed by atoms with Gasteiger partial charge in [0.15, 0.2) is 11.8 Å². The van der Waals surface area contributed by atoms with E-state index in [2.05, 4.69) is 0 Å². The number of carboxylic acids is 1. The van der Waals surface area contributed by atoms with E-state index in [0.717, 1.165) is 31.2 Å². The number of thioether (sulfide) groups is 1. The molecule has 0 bridgehead atoms. The van der Waals surface area contributed by atoms with E-state index in [1.807, 2.05) is 11.0 Å². The first-order valence-corrected chi connectivity index (χ1v) is 12.2. The number of esters is 1. The molecule has 0 unspecified atom stereocenters. The quantitative estimate of drug-likeness (QED) is 0.432. The van der Waals surface area contributed by atoms with Crippen LogP contribution in [0.4, 0.5) is 5.69 Å². The summed E-state index contributed by atoms with van der Waals surface area (Å²) in [7, 11) is 1.34. The summed E-state index contributed by atoms with van der Waals surface area (Å²) in [5.41, 5.74) is 1.89. The molecule has 1 aliphatic carbocycles. The molecule has 1 aliphatic heterocycles. The molecule has 0 aromatic heterocycles. The zero-order valence-electron chi connectivity index (χ0n) is 19.3. The Morgan fingerprint density at radius 1 is 1.09 bits per heavy atom. The van der Waals surface area contributed by atoms with Crippen LogP contribution in [0.25, 0.3) is 6.08 Å². The molecule has 9 heteroatoms. The molecule has 35 heavy (non-hydrogen) atoms. The fourth-order valence-electron chi connectivity index (χ4n) is 4.08. The second-order valence-corrected chi connectivity index (χ2v) is 9.27. The van der Waals surface area contributed by atoms with E-state index in [9.17, 15) is 14.4 Å². The summed E-state index contributed by atoms with van der Waals surface area (Å²) < 4.78 is 9.92. The first-order valence-electron chi connectivity index (χ1n) is 11.4. The summed E-state index contributed by atoms with van der Waals surface area (Å²) in [6, 6.07) is 13.8. The number of carbonyl (C=O) groups is 3. The van der Waals surface area contributed by atoms with Gasteiger partial charge in [-0.15, -0.1) is 0 Å². The van der Waals surface area contributed by atoms with Crippen molar-refractivity contribution in [3.63, 3.8) is 0 Å². The summed E-state index contributed by atoms with van der Waals surface area (Å²) in [5, 5.41) is 9.37. The average molecular weight is 495 g/mol. The highest BCUT2D eigenvalue weighted by atomic mass is 32.2. The lowest BCUT2D eigenvalue weighted by Crippen LogP contribution is -2.40. The number of amidine groups is 1. The number of ether oxygens (including phenoxy) is 2. The molecule has 0 spiro atoms. The number of aliphatic carboxylic acids is 1. The van der Waals surface area contributed by atoms with Crippen molar-refractivity contribution >= 4 is 46.5 Å². The van der Waals surface area contributed by atoms with Gasteiger partial charge in [0, 0.05) is 6.04 Å². The van der Waals surface area contributed by atoms with Gasteiger partial charge in [0.25, 0.3) is 5.91 Å². The molecule has 182 valence electrons. The van der Waals surface area contributed by atoms with E-state index >= 15 is 0 Å². The van der Waals surface area contributed by atoms with Crippen LogP contribution in [0.2, 0.25) is 0 Å². The molecule has 1 saturated carbocycles. The van der Waals surface area contributed by atoms with Crippen LogP contribution in [-0.2, 0) is 14.3 Å². The van der Waals surface area contributed by atoms with Crippen LogP contribution in [0.3, 0.4) is 0 Å². The molecule has 1 amide bonds. The summed E-state index contributed by atoms with van der Waals surface area (Å²) in [4.78, 5) is 43.0. The lowest BCUT2D eigenvalue weighted by atomic mass is 9.94. The number of benzene rings is 2. The van der Waals surface area contributed by atoms with Gasteiger partial charge in [-0.3, -0.25) is 9.69 Å². The predicted molar refractivity (Wildman–Crippen MR) is 134 cm³/mol. The Morgan fingerprint density at radius 3 is 2.40 bits per heavy atom. The first-order chi connectivity index (χ1) is 16.9. The molecular formula is C26H26N2O6S. The van der Waals surface area contributed by atoms with Gasteiger partial charge >= 0.3 is 11.9 Å². The van der Waals surface area contributed by atoms with E-state index in [0.29, 0.717) is 27.1 Å². The second-order valence-electron chi connectivity index (χ2n) is 8.26. The van der Waals surface area contributed by atoms with Crippen LogP contribution in [0.5, 0.6) is 5.75 Å². The van der Waals surface area contributed by atoms with E-state index < -0.39 is 18.5 Å². The van der Waals surface area contributed by atoms with Crippen molar-refractivity contribution in [3.8, 4) is 5.75 Å². The third-order valence-electron chi connectivity index (χ3n) is 5.83. The third-order valence-corrected chi connectivity index (χ3v) is 6.81. The van der Waals surface area contributed by atoms with Gasteiger partial charge in [-0.2, -0.15) is 0 Å². The standard InChI is InChI=1S/C26H26N2O6S/c1-33-25(32)18-9-11-19(12-10-18)27-26-28(20-5-3-2-4-6-20)24(31)22(35-26)15-17-7-13-21(14-8-17)34-16-23(29)30/h7-15,20H,2-6,16H2,1H3,(H,29,30)/b22-15+,27-26?. The summed E-state index contributed by atoms with van der Waals surface area (Å²) >= 11 is 1.33. The van der Waals surface area contributed by atoms with Crippen LogP contribution < -0.4 is 4.74 Å². The molecule has 8 nitrogen and oxygen atoms in total. The van der Waals surface area contributed by atoms with Gasteiger partial charge in [-0.05, 0) is 72.6 Å². The van der Waals surface area contributed by atoms with Crippen LogP contribution in [0.15, 0.2) is 58.4 Å². The second kappa shape index (κ2) is 11.2. The normalized spacial score (nSPS) is 18.8. The summed E-state index contributed by atoms with van der Waals surface area (Å²) in [6.45, 7) is -0.411. The molecule has 2 aromatic carbocycles. The number of nitrogens with zero attached hydrogens (tertiary/aromatic N) is 2. The molecular weight excluding hydrogens is 468 g/mol. The molecule has 1 heterocycles. The van der Waals surface area contributed by atoms with E-state index in [1.54, 1.807) is 48.5 Å². The molecule has 2 aliphatic rings. The van der Waals surface area contributed by atoms with Gasteiger partial charge in [-0.25, -0.2) is 14.6 Å². The SMILES string of the molecule is COC(=O)c1ccc(N=C2S/C(=C/c3ccc(OCC(=O)O)cc3)C(=O)N2C2CCCCC2)cc1. The van der Waals surface area contributed by atoms with Crippen molar-refractivity contribution in [2.24, 2.45) is 4.99 Å². The van der Waals surface area contributed by atoms with Crippen LogP contribution in [0.1, 0.15) is 48.0 Å². The Labute approximate surface area is 207 Å². The number of carboxylic acid groups (broad SMARTS) is 1. The average Bonchev–Trinajstić information content (AvgIpc) is 3.18. The first kappa shape index (κ1) is 24.5. The van der Waals surface area contributed by atoms with E-state index in [1.165, 1.54) is 25.3 Å². The van der Waals surface area contributed by atoms with Gasteiger partial charge < -0.3 is 14.6 Å². The van der Waals surface area contributed by atoms with Crippen molar-refractivity contribution in [1.82, 2.24) is 4.90 Å². The Morgan fingerprint density at radius 2 is 1.77 bits per heavy atom. The van der Waals surface area contributed by atoms with Gasteiger partial charge in [0.2, 0.25) is 0 Å². The Bertz CT molecular complexity index is 1150. The number of aliphatic imine (C=N–C) groups is 1. The maximum Gasteiger partial charge on any atom is 0.341 e. The molecule has 1 N–H and O–H groups in total. The molecule has 0 radical (unpaired) electrons. The van der Waals surface area contributed by atoms with Gasteiger partial charge in [-0.1, -0.05) is 31.4 Å². The smallest absolute Gasteiger partial charge is 0.341 e. The number of amides is 1. The lowest BCUT2D eigenvalue weighted by molar-refractivity contribution is -0.139. The summed E-state index contributed by atoms with van der Waals surface area (Å²) in [6.07, 6.45) is 7.03. The van der Waals surface area contributed by atoms with Gasteiger partial charge in [0.1, 0.15) is 5.75 Å².